The summed E-state index contributed by atoms with van der Waals surface area (Å²) in [5.74, 6) is 0.242. The Bertz CT molecular complexity index is 442. The molecule has 0 aliphatic rings. The predicted octanol–water partition coefficient (Wildman–Crippen LogP) is 0.320. The van der Waals surface area contributed by atoms with Crippen LogP contribution in [0.2, 0.25) is 0 Å². The second-order valence-electron chi connectivity index (χ2n) is 3.61. The van der Waals surface area contributed by atoms with E-state index < -0.39 is 0 Å². The van der Waals surface area contributed by atoms with Crippen molar-refractivity contribution >= 4 is 5.88 Å². The SMILES string of the molecule is Nc1c[n+](C(CO)Cc2ccccc2)no1. The van der Waals surface area contributed by atoms with Gasteiger partial charge in [0.05, 0.1) is 0 Å². The van der Waals surface area contributed by atoms with Crippen LogP contribution in [0.3, 0.4) is 0 Å². The Labute approximate surface area is 93.1 Å². The van der Waals surface area contributed by atoms with E-state index in [0.717, 1.165) is 5.56 Å². The van der Waals surface area contributed by atoms with Gasteiger partial charge < -0.3 is 10.8 Å². The molecule has 16 heavy (non-hydrogen) atoms. The molecule has 2 aromatic rings. The molecule has 3 N–H and O–H groups in total. The number of nitrogen functional groups attached to an aromatic ring is 1. The molecule has 1 heterocycles. The number of aliphatic hydroxyl groups excluding tert-OH is 1. The normalized spacial score (nSPS) is 12.6. The third-order valence-electron chi connectivity index (χ3n) is 2.40. The van der Waals surface area contributed by atoms with Crippen LogP contribution in [-0.2, 0) is 6.42 Å². The molecule has 0 fully saturated rings. The highest BCUT2D eigenvalue weighted by Crippen LogP contribution is 2.08. The van der Waals surface area contributed by atoms with Crippen LogP contribution in [0.15, 0.2) is 41.1 Å². The van der Waals surface area contributed by atoms with Gasteiger partial charge in [-0.05, 0) is 10.2 Å². The van der Waals surface area contributed by atoms with E-state index in [-0.39, 0.29) is 18.5 Å². The Morgan fingerprint density at radius 3 is 2.69 bits per heavy atom. The molecule has 0 aliphatic heterocycles. The summed E-state index contributed by atoms with van der Waals surface area (Å²) >= 11 is 0. The lowest BCUT2D eigenvalue weighted by Crippen LogP contribution is -2.43. The average Bonchev–Trinajstić information content (AvgIpc) is 2.74. The first-order valence-electron chi connectivity index (χ1n) is 5.08. The minimum Gasteiger partial charge on any atom is -0.389 e. The van der Waals surface area contributed by atoms with Crippen molar-refractivity contribution in [2.24, 2.45) is 0 Å². The summed E-state index contributed by atoms with van der Waals surface area (Å²) in [5.41, 5.74) is 6.57. The number of aromatic nitrogens is 2. The van der Waals surface area contributed by atoms with Crippen molar-refractivity contribution in [3.05, 3.63) is 42.1 Å². The van der Waals surface area contributed by atoms with Crippen LogP contribution in [0, 0.1) is 0 Å². The maximum Gasteiger partial charge on any atom is 0.293 e. The number of hydrogen-bond donors (Lipinski definition) is 2. The van der Waals surface area contributed by atoms with Crippen LogP contribution >= 0.6 is 0 Å². The second kappa shape index (κ2) is 4.76. The predicted molar refractivity (Wildman–Crippen MR) is 57.4 cm³/mol. The molecule has 0 radical (unpaired) electrons. The van der Waals surface area contributed by atoms with Crippen molar-refractivity contribution in [3.8, 4) is 0 Å². The zero-order chi connectivity index (χ0) is 11.4. The molecule has 84 valence electrons. The van der Waals surface area contributed by atoms with Crippen LogP contribution in [0.25, 0.3) is 0 Å². The summed E-state index contributed by atoms with van der Waals surface area (Å²) in [6.45, 7) is -0.00840. The van der Waals surface area contributed by atoms with Gasteiger partial charge >= 0.3 is 0 Å². The number of aliphatic hydroxyl groups is 1. The number of benzene rings is 1. The lowest BCUT2D eigenvalue weighted by Gasteiger charge is -2.04. The van der Waals surface area contributed by atoms with Gasteiger partial charge in [-0.3, -0.25) is 4.52 Å². The van der Waals surface area contributed by atoms with E-state index in [4.69, 9.17) is 10.3 Å². The molecule has 5 nitrogen and oxygen atoms in total. The average molecular weight is 220 g/mol. The Balaban J connectivity index is 2.12. The van der Waals surface area contributed by atoms with E-state index in [2.05, 4.69) is 5.27 Å². The summed E-state index contributed by atoms with van der Waals surface area (Å²) < 4.78 is 6.31. The van der Waals surface area contributed by atoms with E-state index in [1.807, 2.05) is 30.3 Å². The standard InChI is InChI=1S/C11H14N3O2/c12-11-7-14(13-16-11)10(8-15)6-9-4-2-1-3-5-9/h1-5,7,10,15H,6,8,12H2/q+1. The van der Waals surface area contributed by atoms with Crippen LogP contribution in [-0.4, -0.2) is 17.0 Å². The molecule has 0 amide bonds. The minimum atomic E-state index is -0.150. The molecule has 1 atom stereocenters. The number of hydrogen-bond acceptors (Lipinski definition) is 4. The van der Waals surface area contributed by atoms with Gasteiger partial charge in [-0.1, -0.05) is 30.3 Å². The van der Waals surface area contributed by atoms with Gasteiger partial charge in [-0.25, -0.2) is 0 Å². The lowest BCUT2D eigenvalue weighted by atomic mass is 10.1. The summed E-state index contributed by atoms with van der Waals surface area (Å²) in [4.78, 5) is 0. The molecular weight excluding hydrogens is 206 g/mol. The minimum absolute atomic E-state index is 0.00840. The maximum absolute atomic E-state index is 9.31. The van der Waals surface area contributed by atoms with E-state index in [1.165, 1.54) is 0 Å². The fourth-order valence-electron chi connectivity index (χ4n) is 1.57. The third kappa shape index (κ3) is 2.38. The zero-order valence-electron chi connectivity index (χ0n) is 8.78. The molecule has 1 unspecified atom stereocenters. The summed E-state index contributed by atoms with van der Waals surface area (Å²) in [6.07, 6.45) is 2.26. The Kier molecular flexibility index (Phi) is 3.16. The van der Waals surface area contributed by atoms with Crippen LogP contribution in [0.4, 0.5) is 5.88 Å². The fourth-order valence-corrected chi connectivity index (χ4v) is 1.57. The van der Waals surface area contributed by atoms with Crippen molar-refractivity contribution in [2.75, 3.05) is 12.3 Å². The molecule has 0 bridgehead atoms. The monoisotopic (exact) mass is 220 g/mol. The highest BCUT2D eigenvalue weighted by molar-refractivity contribution is 5.15. The first-order valence-corrected chi connectivity index (χ1v) is 5.08. The number of nitrogens with zero attached hydrogens (tertiary/aromatic N) is 2. The first-order chi connectivity index (χ1) is 7.79. The molecule has 0 aliphatic carbocycles. The van der Waals surface area contributed by atoms with E-state index in [1.54, 1.807) is 10.9 Å². The Hall–Kier alpha value is -1.88. The lowest BCUT2D eigenvalue weighted by molar-refractivity contribution is -0.786. The molecular formula is C11H14N3O2+. The van der Waals surface area contributed by atoms with Crippen molar-refractivity contribution in [1.29, 1.82) is 0 Å². The number of rotatable bonds is 4. The van der Waals surface area contributed by atoms with Crippen molar-refractivity contribution < 1.29 is 14.3 Å². The fraction of sp³-hybridized carbons (Fsp3) is 0.273. The van der Waals surface area contributed by atoms with Crippen molar-refractivity contribution in [3.63, 3.8) is 0 Å². The van der Waals surface area contributed by atoms with E-state index in [0.29, 0.717) is 6.42 Å². The van der Waals surface area contributed by atoms with Gasteiger partial charge in [0.1, 0.15) is 6.61 Å². The molecule has 1 aromatic carbocycles. The van der Waals surface area contributed by atoms with Crippen LogP contribution in [0.5, 0.6) is 0 Å². The summed E-state index contributed by atoms with van der Waals surface area (Å²) in [6, 6.07) is 9.75. The molecule has 5 heteroatoms. The summed E-state index contributed by atoms with van der Waals surface area (Å²) in [5, 5.41) is 13.0. The quantitative estimate of drug-likeness (QED) is 0.727. The van der Waals surface area contributed by atoms with Crippen LogP contribution in [0.1, 0.15) is 11.6 Å². The number of anilines is 1. The molecule has 0 saturated heterocycles. The zero-order valence-corrected chi connectivity index (χ0v) is 8.78. The largest absolute Gasteiger partial charge is 0.389 e. The highest BCUT2D eigenvalue weighted by atomic mass is 16.5. The van der Waals surface area contributed by atoms with Crippen LogP contribution < -0.4 is 10.4 Å². The van der Waals surface area contributed by atoms with Gasteiger partial charge in [0.2, 0.25) is 11.3 Å². The summed E-state index contributed by atoms with van der Waals surface area (Å²) in [7, 11) is 0. The van der Waals surface area contributed by atoms with Crippen molar-refractivity contribution in [1.82, 2.24) is 5.27 Å². The molecule has 1 aromatic heterocycles. The molecule has 0 spiro atoms. The third-order valence-corrected chi connectivity index (χ3v) is 2.40. The maximum atomic E-state index is 9.31. The Morgan fingerprint density at radius 2 is 2.12 bits per heavy atom. The Morgan fingerprint density at radius 1 is 1.38 bits per heavy atom. The van der Waals surface area contributed by atoms with Gasteiger partial charge in [-0.15, -0.1) is 0 Å². The van der Waals surface area contributed by atoms with Gasteiger partial charge in [0, 0.05) is 6.42 Å². The molecule has 2 rings (SSSR count). The first kappa shape index (κ1) is 10.6. The second-order valence-corrected chi connectivity index (χ2v) is 3.61. The van der Waals surface area contributed by atoms with Crippen molar-refractivity contribution in [2.45, 2.75) is 12.5 Å². The molecule has 0 saturated carbocycles. The highest BCUT2D eigenvalue weighted by Gasteiger charge is 2.22. The topological polar surface area (TPSA) is 76.2 Å². The smallest absolute Gasteiger partial charge is 0.293 e. The number of nitrogens with two attached hydrogens (primary N) is 1. The van der Waals surface area contributed by atoms with Gasteiger partial charge in [0.15, 0.2) is 0 Å². The van der Waals surface area contributed by atoms with E-state index >= 15 is 0 Å². The van der Waals surface area contributed by atoms with Gasteiger partial charge in [-0.2, -0.15) is 0 Å². The van der Waals surface area contributed by atoms with Gasteiger partial charge in [0.25, 0.3) is 12.1 Å². The van der Waals surface area contributed by atoms with E-state index in [9.17, 15) is 5.11 Å².